The van der Waals surface area contributed by atoms with Crippen LogP contribution in [0.4, 0.5) is 5.82 Å². The van der Waals surface area contributed by atoms with Crippen LogP contribution in [0, 0.1) is 0 Å². The Bertz CT molecular complexity index is 698. The Labute approximate surface area is 138 Å². The predicted octanol–water partition coefficient (Wildman–Crippen LogP) is 2.76. The summed E-state index contributed by atoms with van der Waals surface area (Å²) < 4.78 is 0. The minimum atomic E-state index is -0.0308. The number of hydrogen-bond donors (Lipinski definition) is 2. The zero-order valence-corrected chi connectivity index (χ0v) is 14.9. The molecule has 1 heterocycles. The lowest BCUT2D eigenvalue weighted by Gasteiger charge is -2.24. The van der Waals surface area contributed by atoms with Crippen molar-refractivity contribution in [2.24, 2.45) is 4.99 Å². The van der Waals surface area contributed by atoms with Crippen LogP contribution in [0.1, 0.15) is 26.3 Å². The van der Waals surface area contributed by atoms with Crippen LogP contribution in [0.2, 0.25) is 0 Å². The number of nitrogens with one attached hydrogen (secondary N) is 2. The average molecular weight is 313 g/mol. The van der Waals surface area contributed by atoms with E-state index in [4.69, 9.17) is 4.98 Å². The van der Waals surface area contributed by atoms with Gasteiger partial charge in [-0.25, -0.2) is 4.98 Å². The first-order valence-electron chi connectivity index (χ1n) is 7.85. The van der Waals surface area contributed by atoms with E-state index in [-0.39, 0.29) is 5.54 Å². The van der Waals surface area contributed by atoms with Gasteiger partial charge >= 0.3 is 0 Å². The van der Waals surface area contributed by atoms with Gasteiger partial charge in [0, 0.05) is 38.6 Å². The Balaban J connectivity index is 2.28. The maximum absolute atomic E-state index is 4.69. The summed E-state index contributed by atoms with van der Waals surface area (Å²) in [7, 11) is 5.81. The second kappa shape index (κ2) is 6.86. The molecule has 0 atom stereocenters. The summed E-state index contributed by atoms with van der Waals surface area (Å²) in [5, 5.41) is 7.93. The summed E-state index contributed by atoms with van der Waals surface area (Å²) in [5.41, 5.74) is 2.18. The number of rotatable bonds is 3. The van der Waals surface area contributed by atoms with Crippen LogP contribution < -0.4 is 15.5 Å². The monoisotopic (exact) mass is 313 g/mol. The van der Waals surface area contributed by atoms with Crippen LogP contribution in [0.3, 0.4) is 0 Å². The van der Waals surface area contributed by atoms with E-state index in [1.165, 1.54) is 5.56 Å². The fraction of sp³-hybridized carbons (Fsp3) is 0.444. The van der Waals surface area contributed by atoms with Crippen LogP contribution in [0.5, 0.6) is 0 Å². The third-order valence-corrected chi connectivity index (χ3v) is 3.41. The number of hydrogen-bond acceptors (Lipinski definition) is 3. The lowest BCUT2D eigenvalue weighted by atomic mass is 10.1. The van der Waals surface area contributed by atoms with Crippen molar-refractivity contribution in [1.82, 2.24) is 15.6 Å². The van der Waals surface area contributed by atoms with Crippen molar-refractivity contribution in [2.45, 2.75) is 32.9 Å². The predicted molar refractivity (Wildman–Crippen MR) is 99.2 cm³/mol. The van der Waals surface area contributed by atoms with Crippen molar-refractivity contribution in [3.63, 3.8) is 0 Å². The van der Waals surface area contributed by atoms with Gasteiger partial charge in [0.05, 0.1) is 5.52 Å². The van der Waals surface area contributed by atoms with Gasteiger partial charge in [-0.1, -0.05) is 18.2 Å². The molecule has 2 rings (SSSR count). The quantitative estimate of drug-likeness (QED) is 0.676. The molecule has 2 N–H and O–H groups in total. The molecule has 5 nitrogen and oxygen atoms in total. The van der Waals surface area contributed by atoms with Gasteiger partial charge in [-0.05, 0) is 38.5 Å². The summed E-state index contributed by atoms with van der Waals surface area (Å²) in [6.07, 6.45) is 0. The molecule has 0 aliphatic heterocycles. The molecule has 0 radical (unpaired) electrons. The van der Waals surface area contributed by atoms with Crippen molar-refractivity contribution in [2.75, 3.05) is 26.0 Å². The number of anilines is 1. The van der Waals surface area contributed by atoms with Gasteiger partial charge in [-0.15, -0.1) is 0 Å². The molecule has 124 valence electrons. The third kappa shape index (κ3) is 4.58. The molecule has 0 aliphatic rings. The van der Waals surface area contributed by atoms with Crippen LogP contribution in [0.25, 0.3) is 10.9 Å². The highest BCUT2D eigenvalue weighted by Crippen LogP contribution is 2.22. The molecule has 0 amide bonds. The van der Waals surface area contributed by atoms with Crippen LogP contribution in [-0.4, -0.2) is 37.6 Å². The molecule has 0 fully saturated rings. The van der Waals surface area contributed by atoms with E-state index in [1.807, 2.05) is 37.2 Å². The van der Waals surface area contributed by atoms with E-state index < -0.39 is 0 Å². The molecule has 1 aromatic heterocycles. The molecule has 1 aromatic carbocycles. The molecule has 0 unspecified atom stereocenters. The van der Waals surface area contributed by atoms with E-state index >= 15 is 0 Å². The Morgan fingerprint density at radius 1 is 1.22 bits per heavy atom. The zero-order valence-electron chi connectivity index (χ0n) is 14.9. The fourth-order valence-electron chi connectivity index (χ4n) is 2.32. The van der Waals surface area contributed by atoms with Crippen molar-refractivity contribution in [1.29, 1.82) is 0 Å². The lowest BCUT2D eigenvalue weighted by molar-refractivity contribution is 0.501. The normalized spacial score (nSPS) is 12.3. The SMILES string of the molecule is CN=C(NCc1cc(N(C)C)nc2ccccc12)NC(C)(C)C. The number of para-hydroxylation sites is 1. The number of fused-ring (bicyclic) bond motifs is 1. The Morgan fingerprint density at radius 3 is 2.52 bits per heavy atom. The van der Waals surface area contributed by atoms with Gasteiger partial charge in [-0.3, -0.25) is 4.99 Å². The zero-order chi connectivity index (χ0) is 17.0. The lowest BCUT2D eigenvalue weighted by Crippen LogP contribution is -2.47. The van der Waals surface area contributed by atoms with E-state index in [0.717, 1.165) is 22.7 Å². The molecule has 5 heteroatoms. The minimum absolute atomic E-state index is 0.0308. The summed E-state index contributed by atoms with van der Waals surface area (Å²) in [6, 6.07) is 10.4. The Hall–Kier alpha value is -2.30. The number of benzene rings is 1. The summed E-state index contributed by atoms with van der Waals surface area (Å²) >= 11 is 0. The van der Waals surface area contributed by atoms with Gasteiger partial charge in [0.25, 0.3) is 0 Å². The molecule has 0 aliphatic carbocycles. The van der Waals surface area contributed by atoms with Crippen LogP contribution in [-0.2, 0) is 6.54 Å². The highest BCUT2D eigenvalue weighted by atomic mass is 15.2. The maximum Gasteiger partial charge on any atom is 0.191 e. The molecular formula is C18H27N5. The largest absolute Gasteiger partial charge is 0.363 e. The van der Waals surface area contributed by atoms with Gasteiger partial charge in [0.1, 0.15) is 5.82 Å². The Kier molecular flexibility index (Phi) is 5.08. The molecular weight excluding hydrogens is 286 g/mol. The number of nitrogens with zero attached hydrogens (tertiary/aromatic N) is 3. The van der Waals surface area contributed by atoms with Crippen molar-refractivity contribution < 1.29 is 0 Å². The number of aliphatic imine (C=N–C) groups is 1. The minimum Gasteiger partial charge on any atom is -0.363 e. The van der Waals surface area contributed by atoms with E-state index in [0.29, 0.717) is 6.54 Å². The van der Waals surface area contributed by atoms with E-state index in [1.54, 1.807) is 7.05 Å². The third-order valence-electron chi connectivity index (χ3n) is 3.41. The van der Waals surface area contributed by atoms with E-state index in [9.17, 15) is 0 Å². The standard InChI is InChI=1S/C18H27N5/c1-18(2,3)22-17(19-4)20-12-13-11-16(23(5)6)21-15-10-8-7-9-14(13)15/h7-11H,12H2,1-6H3,(H2,19,20,22). The van der Waals surface area contributed by atoms with Gasteiger partial charge < -0.3 is 15.5 Å². The number of guanidine groups is 1. The summed E-state index contributed by atoms with van der Waals surface area (Å²) in [6.45, 7) is 7.04. The van der Waals surface area contributed by atoms with Crippen LogP contribution in [0.15, 0.2) is 35.3 Å². The molecule has 0 saturated heterocycles. The first-order chi connectivity index (χ1) is 10.8. The fourth-order valence-corrected chi connectivity index (χ4v) is 2.32. The van der Waals surface area contributed by atoms with Gasteiger partial charge in [0.15, 0.2) is 5.96 Å². The molecule has 23 heavy (non-hydrogen) atoms. The number of pyridine rings is 1. The first kappa shape index (κ1) is 17.1. The number of aromatic nitrogens is 1. The molecule has 0 spiro atoms. The molecule has 2 aromatic rings. The van der Waals surface area contributed by atoms with Gasteiger partial charge in [-0.2, -0.15) is 0 Å². The molecule has 0 saturated carbocycles. The Morgan fingerprint density at radius 2 is 1.91 bits per heavy atom. The highest BCUT2D eigenvalue weighted by molar-refractivity contribution is 5.85. The summed E-state index contributed by atoms with van der Waals surface area (Å²) in [5.74, 6) is 1.75. The van der Waals surface area contributed by atoms with Gasteiger partial charge in [0.2, 0.25) is 0 Å². The van der Waals surface area contributed by atoms with Crippen molar-refractivity contribution in [3.05, 3.63) is 35.9 Å². The van der Waals surface area contributed by atoms with Crippen molar-refractivity contribution in [3.8, 4) is 0 Å². The highest BCUT2D eigenvalue weighted by Gasteiger charge is 2.12. The van der Waals surface area contributed by atoms with Crippen LogP contribution >= 0.6 is 0 Å². The van der Waals surface area contributed by atoms with E-state index in [2.05, 4.69) is 48.5 Å². The average Bonchev–Trinajstić information content (AvgIpc) is 2.49. The second-order valence-electron chi connectivity index (χ2n) is 6.85. The second-order valence-corrected chi connectivity index (χ2v) is 6.85. The maximum atomic E-state index is 4.69. The summed E-state index contributed by atoms with van der Waals surface area (Å²) in [4.78, 5) is 11.0. The van der Waals surface area contributed by atoms with Crippen molar-refractivity contribution >= 4 is 22.7 Å². The first-order valence-corrected chi connectivity index (χ1v) is 7.85. The molecule has 0 bridgehead atoms. The topological polar surface area (TPSA) is 52.6 Å². The smallest absolute Gasteiger partial charge is 0.191 e.